The van der Waals surface area contributed by atoms with E-state index in [2.05, 4.69) is 41.5 Å². The highest BCUT2D eigenvalue weighted by molar-refractivity contribution is 5.28. The summed E-state index contributed by atoms with van der Waals surface area (Å²) >= 11 is 0. The first kappa shape index (κ1) is 11.2. The highest BCUT2D eigenvalue weighted by Gasteiger charge is 2.24. The van der Waals surface area contributed by atoms with E-state index in [0.717, 1.165) is 12.0 Å². The molecule has 1 aromatic carbocycles. The fraction of sp³-hybridized carbons (Fsp3) is 0.600. The number of likely N-dealkylation sites (tertiary alicyclic amines) is 1. The number of hydrogen-bond acceptors (Lipinski definition) is 2. The van der Waals surface area contributed by atoms with Crippen LogP contribution in [0.2, 0.25) is 0 Å². The van der Waals surface area contributed by atoms with Crippen molar-refractivity contribution >= 4 is 0 Å². The number of nitrogens with zero attached hydrogens (tertiary/aromatic N) is 1. The van der Waals surface area contributed by atoms with Gasteiger partial charge in [0.05, 0.1) is 0 Å². The zero-order valence-electron chi connectivity index (χ0n) is 10.7. The lowest BCUT2D eigenvalue weighted by Gasteiger charge is -2.36. The van der Waals surface area contributed by atoms with Crippen LogP contribution in [0.25, 0.3) is 0 Å². The van der Waals surface area contributed by atoms with Crippen LogP contribution >= 0.6 is 0 Å². The van der Waals surface area contributed by atoms with Crippen LogP contribution in [0.5, 0.6) is 0 Å². The van der Waals surface area contributed by atoms with E-state index in [-0.39, 0.29) is 0 Å². The lowest BCUT2D eigenvalue weighted by atomic mass is 9.91. The van der Waals surface area contributed by atoms with Crippen molar-refractivity contribution in [2.45, 2.75) is 31.2 Å². The van der Waals surface area contributed by atoms with Gasteiger partial charge in [-0.15, -0.1) is 0 Å². The zero-order valence-corrected chi connectivity index (χ0v) is 10.7. The van der Waals surface area contributed by atoms with Gasteiger partial charge in [-0.1, -0.05) is 24.3 Å². The van der Waals surface area contributed by atoms with E-state index in [9.17, 15) is 0 Å². The smallest absolute Gasteiger partial charge is 0.0108 e. The van der Waals surface area contributed by atoms with Crippen molar-refractivity contribution in [2.24, 2.45) is 0 Å². The van der Waals surface area contributed by atoms with E-state index >= 15 is 0 Å². The molecule has 0 spiro atoms. The number of hydrogen-bond donors (Lipinski definition) is 1. The fourth-order valence-electron chi connectivity index (χ4n) is 3.05. The molecule has 1 N–H and O–H groups in total. The van der Waals surface area contributed by atoms with Crippen molar-refractivity contribution in [1.82, 2.24) is 10.2 Å². The molecular formula is C15H22N2. The minimum atomic E-state index is 0.718. The van der Waals surface area contributed by atoms with E-state index in [1.165, 1.54) is 50.0 Å². The standard InChI is InChI=1S/C15H22N2/c1-17-10-14(11-17)13-6-4-12(5-7-13)9-15-3-2-8-16-15/h4-7,14-16H,2-3,8-11H2,1H3. The van der Waals surface area contributed by atoms with Crippen LogP contribution in [0, 0.1) is 0 Å². The number of benzene rings is 1. The van der Waals surface area contributed by atoms with Crippen LogP contribution < -0.4 is 5.32 Å². The number of rotatable bonds is 3. The summed E-state index contributed by atoms with van der Waals surface area (Å²) < 4.78 is 0. The van der Waals surface area contributed by atoms with Gasteiger partial charge in [0.2, 0.25) is 0 Å². The van der Waals surface area contributed by atoms with Crippen molar-refractivity contribution in [2.75, 3.05) is 26.7 Å². The molecule has 0 amide bonds. The molecular weight excluding hydrogens is 208 g/mol. The third-order valence-electron chi connectivity index (χ3n) is 4.16. The van der Waals surface area contributed by atoms with E-state index in [4.69, 9.17) is 0 Å². The Morgan fingerprint density at radius 2 is 2.00 bits per heavy atom. The third-order valence-corrected chi connectivity index (χ3v) is 4.16. The molecule has 2 aliphatic rings. The molecule has 0 aliphatic carbocycles. The summed E-state index contributed by atoms with van der Waals surface area (Å²) in [5, 5.41) is 3.56. The molecule has 3 rings (SSSR count). The van der Waals surface area contributed by atoms with Gasteiger partial charge >= 0.3 is 0 Å². The minimum Gasteiger partial charge on any atom is -0.314 e. The maximum atomic E-state index is 3.56. The van der Waals surface area contributed by atoms with Crippen LogP contribution in [0.15, 0.2) is 24.3 Å². The molecule has 0 aromatic heterocycles. The van der Waals surface area contributed by atoms with E-state index in [1.807, 2.05) is 0 Å². The molecule has 2 saturated heterocycles. The zero-order chi connectivity index (χ0) is 11.7. The van der Waals surface area contributed by atoms with E-state index < -0.39 is 0 Å². The Labute approximate surface area is 104 Å². The summed E-state index contributed by atoms with van der Waals surface area (Å²) in [4.78, 5) is 2.38. The van der Waals surface area contributed by atoms with Crippen LogP contribution in [0.4, 0.5) is 0 Å². The molecule has 2 heterocycles. The van der Waals surface area contributed by atoms with Gasteiger partial charge in [0, 0.05) is 25.0 Å². The number of likely N-dealkylation sites (N-methyl/N-ethyl adjacent to an activating group) is 1. The predicted molar refractivity (Wildman–Crippen MR) is 71.4 cm³/mol. The second kappa shape index (κ2) is 4.79. The molecule has 2 aliphatic heterocycles. The van der Waals surface area contributed by atoms with Crippen LogP contribution in [-0.2, 0) is 6.42 Å². The van der Waals surface area contributed by atoms with Gasteiger partial charge in [-0.2, -0.15) is 0 Å². The maximum absolute atomic E-state index is 3.56. The Balaban J connectivity index is 1.59. The predicted octanol–water partition coefficient (Wildman–Crippen LogP) is 2.01. The maximum Gasteiger partial charge on any atom is 0.0108 e. The SMILES string of the molecule is CN1CC(c2ccc(CC3CCCN3)cc2)C1. The normalized spacial score (nSPS) is 26.1. The molecule has 1 atom stereocenters. The molecule has 0 saturated carbocycles. The van der Waals surface area contributed by atoms with Gasteiger partial charge in [-0.05, 0) is 44.0 Å². The molecule has 2 heteroatoms. The molecule has 92 valence electrons. The van der Waals surface area contributed by atoms with Crippen molar-refractivity contribution in [3.63, 3.8) is 0 Å². The highest BCUT2D eigenvalue weighted by Crippen LogP contribution is 2.25. The second-order valence-corrected chi connectivity index (χ2v) is 5.66. The van der Waals surface area contributed by atoms with Gasteiger partial charge in [-0.25, -0.2) is 0 Å². The Bertz CT molecular complexity index is 359. The summed E-state index contributed by atoms with van der Waals surface area (Å²) in [6.07, 6.45) is 3.89. The third kappa shape index (κ3) is 2.53. The van der Waals surface area contributed by atoms with Crippen LogP contribution in [0.3, 0.4) is 0 Å². The lowest BCUT2D eigenvalue weighted by molar-refractivity contribution is 0.190. The summed E-state index contributed by atoms with van der Waals surface area (Å²) in [6, 6.07) is 10.0. The average Bonchev–Trinajstić information content (AvgIpc) is 2.79. The molecule has 1 aromatic rings. The first-order valence-corrected chi connectivity index (χ1v) is 6.82. The lowest BCUT2D eigenvalue weighted by Crippen LogP contribution is -2.41. The molecule has 17 heavy (non-hydrogen) atoms. The van der Waals surface area contributed by atoms with Crippen LogP contribution in [0.1, 0.15) is 29.9 Å². The summed E-state index contributed by atoms with van der Waals surface area (Å²) in [5.74, 6) is 0.777. The first-order valence-electron chi connectivity index (χ1n) is 6.82. The molecule has 2 nitrogen and oxygen atoms in total. The van der Waals surface area contributed by atoms with Crippen molar-refractivity contribution < 1.29 is 0 Å². The Morgan fingerprint density at radius 3 is 2.59 bits per heavy atom. The van der Waals surface area contributed by atoms with Gasteiger partial charge in [0.1, 0.15) is 0 Å². The van der Waals surface area contributed by atoms with Crippen LogP contribution in [-0.4, -0.2) is 37.6 Å². The Kier molecular flexibility index (Phi) is 3.17. The summed E-state index contributed by atoms with van der Waals surface area (Å²) in [6.45, 7) is 3.66. The highest BCUT2D eigenvalue weighted by atomic mass is 15.2. The summed E-state index contributed by atoms with van der Waals surface area (Å²) in [7, 11) is 2.19. The summed E-state index contributed by atoms with van der Waals surface area (Å²) in [5.41, 5.74) is 3.01. The molecule has 2 fully saturated rings. The Hall–Kier alpha value is -0.860. The molecule has 0 radical (unpaired) electrons. The van der Waals surface area contributed by atoms with E-state index in [0.29, 0.717) is 0 Å². The fourth-order valence-corrected chi connectivity index (χ4v) is 3.05. The van der Waals surface area contributed by atoms with Gasteiger partial charge < -0.3 is 10.2 Å². The largest absolute Gasteiger partial charge is 0.314 e. The molecule has 1 unspecified atom stereocenters. The van der Waals surface area contributed by atoms with Gasteiger partial charge in [0.25, 0.3) is 0 Å². The molecule has 0 bridgehead atoms. The quantitative estimate of drug-likeness (QED) is 0.854. The van der Waals surface area contributed by atoms with E-state index in [1.54, 1.807) is 0 Å². The average molecular weight is 230 g/mol. The number of nitrogens with one attached hydrogen (secondary N) is 1. The topological polar surface area (TPSA) is 15.3 Å². The minimum absolute atomic E-state index is 0.718. The monoisotopic (exact) mass is 230 g/mol. The van der Waals surface area contributed by atoms with Crippen molar-refractivity contribution in [3.05, 3.63) is 35.4 Å². The van der Waals surface area contributed by atoms with Crippen molar-refractivity contribution in [1.29, 1.82) is 0 Å². The Morgan fingerprint density at radius 1 is 1.24 bits per heavy atom. The second-order valence-electron chi connectivity index (χ2n) is 5.66. The van der Waals surface area contributed by atoms with Crippen molar-refractivity contribution in [3.8, 4) is 0 Å². The first-order chi connectivity index (χ1) is 8.31. The van der Waals surface area contributed by atoms with Gasteiger partial charge in [-0.3, -0.25) is 0 Å². The van der Waals surface area contributed by atoms with Gasteiger partial charge in [0.15, 0.2) is 0 Å².